The third-order valence-corrected chi connectivity index (χ3v) is 4.08. The van der Waals surface area contributed by atoms with Crippen molar-refractivity contribution in [2.45, 2.75) is 19.3 Å². The second kappa shape index (κ2) is 5.09. The molecule has 0 fully saturated rings. The number of carboxylic acids is 1. The van der Waals surface area contributed by atoms with Crippen LogP contribution in [0.15, 0.2) is 23.8 Å². The van der Waals surface area contributed by atoms with E-state index in [4.69, 9.17) is 5.11 Å². The molecule has 0 atom stereocenters. The van der Waals surface area contributed by atoms with Crippen LogP contribution in [-0.2, 0) is 18.3 Å². The van der Waals surface area contributed by atoms with Gasteiger partial charge in [0, 0.05) is 36.9 Å². The minimum absolute atomic E-state index is 0.195. The summed E-state index contributed by atoms with van der Waals surface area (Å²) < 4.78 is 3.82. The number of carboxylic acid groups (broad SMARTS) is 1. The Morgan fingerprint density at radius 1 is 1.50 bits per heavy atom. The minimum Gasteiger partial charge on any atom is -0.481 e. The molecule has 7 heteroatoms. The maximum Gasteiger partial charge on any atom is 0.303 e. The van der Waals surface area contributed by atoms with Gasteiger partial charge in [-0.3, -0.25) is 13.9 Å². The lowest BCUT2D eigenvalue weighted by molar-refractivity contribution is -0.137. The third kappa shape index (κ3) is 2.32. The third-order valence-electron chi connectivity index (χ3n) is 3.19. The standard InChI is InChI=1S/C13H14N4O2S/c1-16-11(5-6-14-16)10-7-17-9(3-2-4-12(18)19)8-20-13(17)15-10/h5-8H,2-4H2,1H3,(H,18,19). The lowest BCUT2D eigenvalue weighted by Crippen LogP contribution is -1.97. The molecular formula is C13H14N4O2S. The topological polar surface area (TPSA) is 72.4 Å². The van der Waals surface area contributed by atoms with Crippen LogP contribution in [0.25, 0.3) is 16.3 Å². The van der Waals surface area contributed by atoms with Crippen LogP contribution in [0, 0.1) is 0 Å². The summed E-state index contributed by atoms with van der Waals surface area (Å²) in [7, 11) is 1.89. The number of carbonyl (C=O) groups is 1. The first-order chi connectivity index (χ1) is 9.65. The number of hydrogen-bond donors (Lipinski definition) is 1. The van der Waals surface area contributed by atoms with E-state index >= 15 is 0 Å². The summed E-state index contributed by atoms with van der Waals surface area (Å²) in [4.78, 5) is 16.1. The molecule has 3 rings (SSSR count). The van der Waals surface area contributed by atoms with Crippen LogP contribution in [0.1, 0.15) is 18.5 Å². The molecule has 3 aromatic heterocycles. The van der Waals surface area contributed by atoms with Crippen molar-refractivity contribution in [3.8, 4) is 11.4 Å². The van der Waals surface area contributed by atoms with Crippen LogP contribution in [-0.4, -0.2) is 30.2 Å². The molecule has 3 heterocycles. The van der Waals surface area contributed by atoms with Gasteiger partial charge in [0.25, 0.3) is 0 Å². The van der Waals surface area contributed by atoms with E-state index in [2.05, 4.69) is 10.1 Å². The van der Waals surface area contributed by atoms with E-state index < -0.39 is 5.97 Å². The Kier molecular flexibility index (Phi) is 3.27. The molecular weight excluding hydrogens is 276 g/mol. The molecule has 0 amide bonds. The Labute approximate surface area is 119 Å². The van der Waals surface area contributed by atoms with Gasteiger partial charge in [0.15, 0.2) is 4.96 Å². The van der Waals surface area contributed by atoms with E-state index in [1.54, 1.807) is 22.2 Å². The summed E-state index contributed by atoms with van der Waals surface area (Å²) in [5.41, 5.74) is 2.96. The SMILES string of the molecule is Cn1nccc1-c1cn2c(CCCC(=O)O)csc2n1. The fraction of sp³-hybridized carbons (Fsp3) is 0.308. The molecule has 20 heavy (non-hydrogen) atoms. The molecule has 0 spiro atoms. The number of aryl methyl sites for hydroxylation is 2. The summed E-state index contributed by atoms with van der Waals surface area (Å²) >= 11 is 1.57. The average molecular weight is 290 g/mol. The molecule has 0 saturated heterocycles. The number of thiazole rings is 1. The van der Waals surface area contributed by atoms with Gasteiger partial charge in [-0.05, 0) is 18.9 Å². The van der Waals surface area contributed by atoms with Crippen molar-refractivity contribution in [2.75, 3.05) is 0 Å². The molecule has 104 valence electrons. The molecule has 0 unspecified atom stereocenters. The van der Waals surface area contributed by atoms with Gasteiger partial charge in [-0.2, -0.15) is 5.10 Å². The molecule has 0 aliphatic heterocycles. The van der Waals surface area contributed by atoms with Crippen LogP contribution < -0.4 is 0 Å². The summed E-state index contributed by atoms with van der Waals surface area (Å²) in [6.45, 7) is 0. The van der Waals surface area contributed by atoms with E-state index in [-0.39, 0.29) is 6.42 Å². The van der Waals surface area contributed by atoms with Gasteiger partial charge in [0.2, 0.25) is 0 Å². The van der Waals surface area contributed by atoms with E-state index in [9.17, 15) is 4.79 Å². The van der Waals surface area contributed by atoms with Crippen LogP contribution in [0.2, 0.25) is 0 Å². The predicted octanol–water partition coefficient (Wildman–Crippen LogP) is 2.20. The molecule has 3 aromatic rings. The minimum atomic E-state index is -0.752. The zero-order valence-corrected chi connectivity index (χ0v) is 11.8. The van der Waals surface area contributed by atoms with Crippen molar-refractivity contribution in [3.05, 3.63) is 29.5 Å². The van der Waals surface area contributed by atoms with E-state index in [1.807, 2.05) is 29.1 Å². The van der Waals surface area contributed by atoms with Crippen molar-refractivity contribution in [1.82, 2.24) is 19.2 Å². The molecule has 0 aliphatic carbocycles. The second-order valence-corrected chi connectivity index (χ2v) is 5.43. The van der Waals surface area contributed by atoms with Gasteiger partial charge in [-0.15, -0.1) is 11.3 Å². The number of rotatable bonds is 5. The van der Waals surface area contributed by atoms with Gasteiger partial charge in [0.1, 0.15) is 5.69 Å². The predicted molar refractivity (Wildman–Crippen MR) is 75.8 cm³/mol. The monoisotopic (exact) mass is 290 g/mol. The number of aromatic nitrogens is 4. The van der Waals surface area contributed by atoms with Crippen molar-refractivity contribution in [2.24, 2.45) is 7.05 Å². The molecule has 0 aromatic carbocycles. The van der Waals surface area contributed by atoms with Gasteiger partial charge in [-0.1, -0.05) is 0 Å². The van der Waals surface area contributed by atoms with Crippen LogP contribution in [0.5, 0.6) is 0 Å². The van der Waals surface area contributed by atoms with Crippen molar-refractivity contribution >= 4 is 22.3 Å². The van der Waals surface area contributed by atoms with Crippen LogP contribution in [0.4, 0.5) is 0 Å². The number of nitrogens with zero attached hydrogens (tertiary/aromatic N) is 4. The van der Waals surface area contributed by atoms with E-state index in [1.165, 1.54) is 0 Å². The van der Waals surface area contributed by atoms with Gasteiger partial charge < -0.3 is 5.11 Å². The molecule has 0 aliphatic rings. The first kappa shape index (κ1) is 12.9. The average Bonchev–Trinajstić information content (AvgIpc) is 3.05. The quantitative estimate of drug-likeness (QED) is 0.782. The van der Waals surface area contributed by atoms with Crippen LogP contribution in [0.3, 0.4) is 0 Å². The molecule has 1 N–H and O–H groups in total. The summed E-state index contributed by atoms with van der Waals surface area (Å²) in [6, 6.07) is 1.93. The Morgan fingerprint density at radius 3 is 3.05 bits per heavy atom. The number of aliphatic carboxylic acids is 1. The largest absolute Gasteiger partial charge is 0.481 e. The zero-order chi connectivity index (χ0) is 14.1. The fourth-order valence-electron chi connectivity index (χ4n) is 2.18. The first-order valence-electron chi connectivity index (χ1n) is 6.31. The Hall–Kier alpha value is -2.15. The second-order valence-electron chi connectivity index (χ2n) is 4.59. The van der Waals surface area contributed by atoms with Crippen molar-refractivity contribution in [1.29, 1.82) is 0 Å². The molecule has 6 nitrogen and oxygen atoms in total. The maximum atomic E-state index is 10.6. The highest BCUT2D eigenvalue weighted by Gasteiger charge is 2.12. The van der Waals surface area contributed by atoms with Gasteiger partial charge in [0.05, 0.1) is 5.69 Å². The van der Waals surface area contributed by atoms with E-state index in [0.717, 1.165) is 28.5 Å². The van der Waals surface area contributed by atoms with Gasteiger partial charge in [-0.25, -0.2) is 4.98 Å². The zero-order valence-electron chi connectivity index (χ0n) is 11.0. The fourth-order valence-corrected chi connectivity index (χ4v) is 3.09. The summed E-state index contributed by atoms with van der Waals surface area (Å²) in [5, 5.41) is 14.9. The Morgan fingerprint density at radius 2 is 2.35 bits per heavy atom. The number of hydrogen-bond acceptors (Lipinski definition) is 4. The molecule has 0 radical (unpaired) electrons. The highest BCUT2D eigenvalue weighted by atomic mass is 32.1. The highest BCUT2D eigenvalue weighted by Crippen LogP contribution is 2.23. The van der Waals surface area contributed by atoms with E-state index in [0.29, 0.717) is 6.42 Å². The summed E-state index contributed by atoms with van der Waals surface area (Å²) in [6.07, 6.45) is 5.31. The normalized spacial score (nSPS) is 11.2. The Balaban J connectivity index is 1.87. The van der Waals surface area contributed by atoms with Crippen LogP contribution >= 0.6 is 11.3 Å². The summed E-state index contributed by atoms with van der Waals surface area (Å²) in [5.74, 6) is -0.752. The maximum absolute atomic E-state index is 10.6. The Bertz CT molecular complexity index is 755. The van der Waals surface area contributed by atoms with Crippen molar-refractivity contribution < 1.29 is 9.90 Å². The first-order valence-corrected chi connectivity index (χ1v) is 7.19. The smallest absolute Gasteiger partial charge is 0.303 e. The molecule has 0 bridgehead atoms. The number of fused-ring (bicyclic) bond motifs is 1. The lowest BCUT2D eigenvalue weighted by Gasteiger charge is -1.98. The number of imidazole rings is 1. The molecule has 0 saturated carbocycles. The van der Waals surface area contributed by atoms with Crippen molar-refractivity contribution in [3.63, 3.8) is 0 Å². The lowest BCUT2D eigenvalue weighted by atomic mass is 10.2. The van der Waals surface area contributed by atoms with Gasteiger partial charge >= 0.3 is 5.97 Å². The highest BCUT2D eigenvalue weighted by molar-refractivity contribution is 7.15.